The number of aryl methyl sites for hydroxylation is 1. The van der Waals surface area contributed by atoms with Crippen molar-refractivity contribution in [3.05, 3.63) is 47.3 Å². The molecule has 1 aliphatic rings. The van der Waals surface area contributed by atoms with E-state index in [1.165, 1.54) is 0 Å². The molecule has 128 valence electrons. The van der Waals surface area contributed by atoms with Crippen LogP contribution in [0.5, 0.6) is 5.75 Å². The van der Waals surface area contributed by atoms with Crippen LogP contribution in [0.15, 0.2) is 34.9 Å². The number of nitrogens with zero attached hydrogens (tertiary/aromatic N) is 3. The Hall–Kier alpha value is -2.34. The fourth-order valence-corrected chi connectivity index (χ4v) is 2.75. The first kappa shape index (κ1) is 16.5. The second-order valence-corrected chi connectivity index (χ2v) is 6.05. The zero-order valence-electron chi connectivity index (χ0n) is 14.2. The molecule has 1 aliphatic heterocycles. The first-order valence-electron chi connectivity index (χ1n) is 8.27. The van der Waals surface area contributed by atoms with E-state index in [9.17, 15) is 4.79 Å². The van der Waals surface area contributed by atoms with Gasteiger partial charge in [-0.3, -0.25) is 9.69 Å². The van der Waals surface area contributed by atoms with Crippen LogP contribution in [0.1, 0.15) is 23.9 Å². The van der Waals surface area contributed by atoms with Crippen LogP contribution in [0.2, 0.25) is 0 Å². The Morgan fingerprint density at radius 2 is 2.21 bits per heavy atom. The van der Waals surface area contributed by atoms with Gasteiger partial charge in [0.05, 0.1) is 18.8 Å². The lowest BCUT2D eigenvalue weighted by molar-refractivity contribution is -0.132. The molecule has 0 radical (unpaired) electrons. The van der Waals surface area contributed by atoms with Crippen molar-refractivity contribution in [3.63, 3.8) is 0 Å². The number of ether oxygens (including phenoxy) is 1. The molecule has 0 atom stereocenters. The summed E-state index contributed by atoms with van der Waals surface area (Å²) in [6.45, 7) is 4.87. The Labute approximate surface area is 142 Å². The second-order valence-electron chi connectivity index (χ2n) is 6.05. The van der Waals surface area contributed by atoms with Gasteiger partial charge >= 0.3 is 0 Å². The zero-order valence-corrected chi connectivity index (χ0v) is 14.2. The van der Waals surface area contributed by atoms with Gasteiger partial charge in [0.15, 0.2) is 5.76 Å². The minimum Gasteiger partial charge on any atom is -0.492 e. The molecule has 0 spiro atoms. The molecule has 2 aromatic rings. The van der Waals surface area contributed by atoms with Crippen molar-refractivity contribution in [2.45, 2.75) is 26.4 Å². The number of carbonyl (C=O) groups is 1. The van der Waals surface area contributed by atoms with Crippen molar-refractivity contribution in [1.29, 1.82) is 0 Å². The molecule has 6 nitrogen and oxygen atoms in total. The molecule has 0 N–H and O–H groups in total. The highest BCUT2D eigenvalue weighted by Gasteiger charge is 2.20. The largest absolute Gasteiger partial charge is 0.492 e. The van der Waals surface area contributed by atoms with E-state index in [4.69, 9.17) is 9.26 Å². The van der Waals surface area contributed by atoms with Gasteiger partial charge < -0.3 is 14.2 Å². The number of aromatic nitrogens is 1. The first-order valence-corrected chi connectivity index (χ1v) is 8.27. The second kappa shape index (κ2) is 7.49. The van der Waals surface area contributed by atoms with E-state index in [0.29, 0.717) is 25.5 Å². The predicted molar refractivity (Wildman–Crippen MR) is 89.6 cm³/mol. The summed E-state index contributed by atoms with van der Waals surface area (Å²) in [5.41, 5.74) is 2.03. The summed E-state index contributed by atoms with van der Waals surface area (Å²) < 4.78 is 11.0. The third-order valence-corrected chi connectivity index (χ3v) is 4.18. The van der Waals surface area contributed by atoms with E-state index >= 15 is 0 Å². The topological polar surface area (TPSA) is 58.8 Å². The van der Waals surface area contributed by atoms with E-state index in [2.05, 4.69) is 10.1 Å². The van der Waals surface area contributed by atoms with Crippen molar-refractivity contribution in [3.8, 4) is 5.75 Å². The van der Waals surface area contributed by atoms with Crippen molar-refractivity contribution >= 4 is 5.91 Å². The maximum Gasteiger partial charge on any atom is 0.236 e. The number of rotatable bonds is 5. The molecular weight excluding hydrogens is 306 g/mol. The van der Waals surface area contributed by atoms with Gasteiger partial charge in [0.2, 0.25) is 5.91 Å². The average molecular weight is 329 g/mol. The summed E-state index contributed by atoms with van der Waals surface area (Å²) in [5, 5.41) is 3.96. The van der Waals surface area contributed by atoms with E-state index in [0.717, 1.165) is 36.5 Å². The van der Waals surface area contributed by atoms with E-state index in [1.54, 1.807) is 11.9 Å². The SMILES string of the molecule is CCc1cc(CN(C)C(=O)CN2CCOc3ccccc3C2)on1. The molecule has 2 heterocycles. The van der Waals surface area contributed by atoms with Gasteiger partial charge in [-0.2, -0.15) is 0 Å². The highest BCUT2D eigenvalue weighted by Crippen LogP contribution is 2.22. The summed E-state index contributed by atoms with van der Waals surface area (Å²) >= 11 is 0. The fourth-order valence-electron chi connectivity index (χ4n) is 2.75. The van der Waals surface area contributed by atoms with Crippen LogP contribution in [-0.4, -0.2) is 47.6 Å². The normalized spacial score (nSPS) is 14.6. The standard InChI is InChI=1S/C18H23N3O3/c1-3-15-10-16(24-19-15)12-20(2)18(22)13-21-8-9-23-17-7-5-4-6-14(17)11-21/h4-7,10H,3,8-9,11-13H2,1-2H3. The lowest BCUT2D eigenvalue weighted by atomic mass is 10.2. The van der Waals surface area contributed by atoms with Gasteiger partial charge in [0, 0.05) is 31.8 Å². The first-order chi connectivity index (χ1) is 11.7. The van der Waals surface area contributed by atoms with Gasteiger partial charge in [0.1, 0.15) is 12.4 Å². The smallest absolute Gasteiger partial charge is 0.236 e. The molecule has 1 amide bonds. The third kappa shape index (κ3) is 3.94. The molecule has 24 heavy (non-hydrogen) atoms. The van der Waals surface area contributed by atoms with Crippen LogP contribution in [-0.2, 0) is 24.3 Å². The Bertz CT molecular complexity index is 698. The molecular formula is C18H23N3O3. The van der Waals surface area contributed by atoms with Crippen molar-refractivity contribution < 1.29 is 14.1 Å². The molecule has 3 rings (SSSR count). The number of hydrogen-bond donors (Lipinski definition) is 0. The minimum atomic E-state index is 0.0591. The molecule has 0 aliphatic carbocycles. The van der Waals surface area contributed by atoms with Gasteiger partial charge in [-0.25, -0.2) is 0 Å². The maximum absolute atomic E-state index is 12.5. The average Bonchev–Trinajstić information content (AvgIpc) is 2.93. The molecule has 0 saturated heterocycles. The minimum absolute atomic E-state index is 0.0591. The van der Waals surface area contributed by atoms with Crippen LogP contribution in [0.4, 0.5) is 0 Å². The van der Waals surface area contributed by atoms with E-state index < -0.39 is 0 Å². The number of likely N-dealkylation sites (N-methyl/N-ethyl adjacent to an activating group) is 1. The Balaban J connectivity index is 1.57. The number of hydrogen-bond acceptors (Lipinski definition) is 5. The summed E-state index contributed by atoms with van der Waals surface area (Å²) in [6, 6.07) is 9.88. The van der Waals surface area contributed by atoms with Crippen LogP contribution in [0, 0.1) is 0 Å². The fraction of sp³-hybridized carbons (Fsp3) is 0.444. The van der Waals surface area contributed by atoms with Gasteiger partial charge in [0.25, 0.3) is 0 Å². The highest BCUT2D eigenvalue weighted by molar-refractivity contribution is 5.78. The van der Waals surface area contributed by atoms with Crippen LogP contribution < -0.4 is 4.74 Å². The molecule has 0 unspecified atom stereocenters. The molecule has 0 saturated carbocycles. The molecule has 1 aromatic heterocycles. The van der Waals surface area contributed by atoms with Crippen molar-refractivity contribution in [2.24, 2.45) is 0 Å². The van der Waals surface area contributed by atoms with E-state index in [-0.39, 0.29) is 5.91 Å². The Kier molecular flexibility index (Phi) is 5.15. The lowest BCUT2D eigenvalue weighted by Gasteiger charge is -2.22. The summed E-state index contributed by atoms with van der Waals surface area (Å²) in [7, 11) is 1.79. The quantitative estimate of drug-likeness (QED) is 0.841. The third-order valence-electron chi connectivity index (χ3n) is 4.18. The Morgan fingerprint density at radius 1 is 1.38 bits per heavy atom. The molecule has 6 heteroatoms. The number of para-hydroxylation sites is 1. The van der Waals surface area contributed by atoms with Crippen LogP contribution in [0.25, 0.3) is 0 Å². The van der Waals surface area contributed by atoms with Crippen LogP contribution in [0.3, 0.4) is 0 Å². The van der Waals surface area contributed by atoms with Gasteiger partial charge in [-0.05, 0) is 12.5 Å². The summed E-state index contributed by atoms with van der Waals surface area (Å²) in [6.07, 6.45) is 0.828. The van der Waals surface area contributed by atoms with Gasteiger partial charge in [-0.15, -0.1) is 0 Å². The molecule has 0 bridgehead atoms. The van der Waals surface area contributed by atoms with Crippen molar-refractivity contribution in [2.75, 3.05) is 26.7 Å². The Morgan fingerprint density at radius 3 is 3.00 bits per heavy atom. The van der Waals surface area contributed by atoms with Crippen molar-refractivity contribution in [1.82, 2.24) is 15.0 Å². The van der Waals surface area contributed by atoms with Gasteiger partial charge in [-0.1, -0.05) is 30.3 Å². The predicted octanol–water partition coefficient (Wildman–Crippen LogP) is 2.09. The molecule has 0 fully saturated rings. The summed E-state index contributed by atoms with van der Waals surface area (Å²) in [5.74, 6) is 1.69. The summed E-state index contributed by atoms with van der Waals surface area (Å²) in [4.78, 5) is 16.3. The number of benzene rings is 1. The van der Waals surface area contributed by atoms with Crippen LogP contribution >= 0.6 is 0 Å². The van der Waals surface area contributed by atoms with E-state index in [1.807, 2.05) is 37.3 Å². The number of fused-ring (bicyclic) bond motifs is 1. The lowest BCUT2D eigenvalue weighted by Crippen LogP contribution is -2.38. The number of amides is 1. The molecule has 1 aromatic carbocycles. The monoisotopic (exact) mass is 329 g/mol. The highest BCUT2D eigenvalue weighted by atomic mass is 16.5. The zero-order chi connectivity index (χ0) is 16.9. The number of carbonyl (C=O) groups excluding carboxylic acids is 1. The maximum atomic E-state index is 12.5.